The second-order valence-corrected chi connectivity index (χ2v) is 4.94. The van der Waals surface area contributed by atoms with Crippen LogP contribution < -0.4 is 0 Å². The molecule has 0 aliphatic carbocycles. The van der Waals surface area contributed by atoms with Gasteiger partial charge in [0.05, 0.1) is 0 Å². The molecule has 1 aromatic carbocycles. The maximum atomic E-state index is 13.4. The van der Waals surface area contributed by atoms with Gasteiger partial charge in [-0.2, -0.15) is 0 Å². The van der Waals surface area contributed by atoms with Crippen LogP contribution in [0.25, 0.3) is 0 Å². The Labute approximate surface area is 102 Å². The molecule has 0 fully saturated rings. The van der Waals surface area contributed by atoms with Crippen molar-refractivity contribution in [2.45, 2.75) is 31.5 Å². The monoisotopic (exact) mass is 294 g/mol. The predicted octanol–water partition coefficient (Wildman–Crippen LogP) is 4.98. The molecule has 0 nitrogen and oxygen atoms in total. The van der Waals surface area contributed by atoms with Crippen molar-refractivity contribution < 1.29 is 13.2 Å². The number of benzene rings is 1. The maximum Gasteiger partial charge on any atom is 0.161 e. The van der Waals surface area contributed by atoms with Crippen molar-refractivity contribution in [2.24, 2.45) is 5.92 Å². The van der Waals surface area contributed by atoms with Gasteiger partial charge in [-0.3, -0.25) is 0 Å². The Bertz CT molecular complexity index is 366. The quantitative estimate of drug-likeness (QED) is 0.543. The van der Waals surface area contributed by atoms with Crippen LogP contribution in [0.3, 0.4) is 0 Å². The molecule has 2 unspecified atom stereocenters. The first-order chi connectivity index (χ1) is 7.47. The van der Waals surface area contributed by atoms with Crippen LogP contribution in [0.15, 0.2) is 12.1 Å². The normalized spacial score (nSPS) is 14.9. The van der Waals surface area contributed by atoms with E-state index in [0.29, 0.717) is 6.07 Å². The summed E-state index contributed by atoms with van der Waals surface area (Å²) in [5.41, 5.74) is 0.180. The Morgan fingerprint density at radius 3 is 2.25 bits per heavy atom. The Balaban J connectivity index is 2.99. The highest BCUT2D eigenvalue weighted by molar-refractivity contribution is 9.09. The van der Waals surface area contributed by atoms with Gasteiger partial charge in [0, 0.05) is 16.5 Å². The number of hydrogen-bond donors (Lipinski definition) is 0. The molecule has 0 heterocycles. The molecule has 0 spiro atoms. The minimum atomic E-state index is -1.15. The number of halogens is 4. The summed E-state index contributed by atoms with van der Waals surface area (Å²) in [6.07, 6.45) is 1.86. The highest BCUT2D eigenvalue weighted by Crippen LogP contribution is 2.35. The molecule has 0 saturated heterocycles. The molecule has 1 rings (SSSR count). The second-order valence-electron chi connectivity index (χ2n) is 3.96. The molecule has 0 radical (unpaired) electrons. The summed E-state index contributed by atoms with van der Waals surface area (Å²) in [7, 11) is 0. The van der Waals surface area contributed by atoms with Crippen molar-refractivity contribution in [3.8, 4) is 0 Å². The lowest BCUT2D eigenvalue weighted by molar-refractivity contribution is 0.471. The maximum absolute atomic E-state index is 13.4. The van der Waals surface area contributed by atoms with Gasteiger partial charge in [0.1, 0.15) is 5.82 Å². The van der Waals surface area contributed by atoms with Crippen molar-refractivity contribution in [1.82, 2.24) is 0 Å². The van der Waals surface area contributed by atoms with Crippen molar-refractivity contribution in [1.29, 1.82) is 0 Å². The van der Waals surface area contributed by atoms with Crippen LogP contribution in [0.5, 0.6) is 0 Å². The molecule has 4 heteroatoms. The minimum Gasteiger partial charge on any atom is -0.207 e. The van der Waals surface area contributed by atoms with Gasteiger partial charge in [-0.05, 0) is 18.4 Å². The van der Waals surface area contributed by atoms with Crippen LogP contribution in [0.1, 0.15) is 37.1 Å². The zero-order valence-electron chi connectivity index (χ0n) is 9.24. The molecule has 0 aromatic heterocycles. The third-order valence-electron chi connectivity index (χ3n) is 2.58. The van der Waals surface area contributed by atoms with Gasteiger partial charge in [0.25, 0.3) is 0 Å². The molecule has 2 atom stereocenters. The SMILES string of the molecule is CCCC(C)C(Br)c1cc(F)c(F)cc1F. The number of rotatable bonds is 4. The Hall–Kier alpha value is -0.510. The van der Waals surface area contributed by atoms with E-state index >= 15 is 0 Å². The smallest absolute Gasteiger partial charge is 0.161 e. The highest BCUT2D eigenvalue weighted by Gasteiger charge is 2.21. The molecule has 16 heavy (non-hydrogen) atoms. The van der Waals surface area contributed by atoms with Crippen LogP contribution >= 0.6 is 15.9 Å². The van der Waals surface area contributed by atoms with E-state index in [2.05, 4.69) is 15.9 Å². The molecule has 0 saturated carbocycles. The Kier molecular flexibility index (Phi) is 4.84. The molecule has 0 amide bonds. The van der Waals surface area contributed by atoms with E-state index in [9.17, 15) is 13.2 Å². The first-order valence-electron chi connectivity index (χ1n) is 5.25. The molecule has 0 bridgehead atoms. The third-order valence-corrected chi connectivity index (χ3v) is 3.98. The van der Waals surface area contributed by atoms with E-state index < -0.39 is 17.5 Å². The largest absolute Gasteiger partial charge is 0.207 e. The van der Waals surface area contributed by atoms with E-state index in [0.717, 1.165) is 18.9 Å². The van der Waals surface area contributed by atoms with Gasteiger partial charge in [-0.1, -0.05) is 36.2 Å². The molecule has 0 aliphatic rings. The van der Waals surface area contributed by atoms with Crippen molar-refractivity contribution in [3.63, 3.8) is 0 Å². The summed E-state index contributed by atoms with van der Waals surface area (Å²) in [6, 6.07) is 1.52. The average Bonchev–Trinajstić information content (AvgIpc) is 2.23. The first-order valence-corrected chi connectivity index (χ1v) is 6.17. The fourth-order valence-electron chi connectivity index (χ4n) is 1.66. The van der Waals surface area contributed by atoms with Crippen LogP contribution in [-0.4, -0.2) is 0 Å². The molecular weight excluding hydrogens is 281 g/mol. The molecule has 0 aliphatic heterocycles. The molecule has 90 valence electrons. The number of alkyl halides is 1. The van der Waals surface area contributed by atoms with Crippen molar-refractivity contribution in [2.75, 3.05) is 0 Å². The van der Waals surface area contributed by atoms with Crippen LogP contribution in [0.2, 0.25) is 0 Å². The lowest BCUT2D eigenvalue weighted by atomic mass is 9.96. The topological polar surface area (TPSA) is 0 Å². The lowest BCUT2D eigenvalue weighted by Crippen LogP contribution is -2.06. The van der Waals surface area contributed by atoms with Gasteiger partial charge in [0.15, 0.2) is 11.6 Å². The zero-order valence-corrected chi connectivity index (χ0v) is 10.8. The van der Waals surface area contributed by atoms with E-state index in [4.69, 9.17) is 0 Å². The fourth-order valence-corrected chi connectivity index (χ4v) is 2.27. The summed E-state index contributed by atoms with van der Waals surface area (Å²) < 4.78 is 39.2. The Morgan fingerprint density at radius 2 is 1.69 bits per heavy atom. The zero-order chi connectivity index (χ0) is 12.3. The average molecular weight is 295 g/mol. The standard InChI is InChI=1S/C12H14BrF3/c1-3-4-7(2)12(13)8-5-10(15)11(16)6-9(8)14/h5-7,12H,3-4H2,1-2H3. The van der Waals surface area contributed by atoms with Crippen LogP contribution in [0, 0.1) is 23.4 Å². The summed E-state index contributed by atoms with van der Waals surface area (Å²) in [5.74, 6) is -2.69. The highest BCUT2D eigenvalue weighted by atomic mass is 79.9. The van der Waals surface area contributed by atoms with Gasteiger partial charge < -0.3 is 0 Å². The first kappa shape index (κ1) is 13.6. The minimum absolute atomic E-state index is 0.171. The third kappa shape index (κ3) is 3.00. The summed E-state index contributed by atoms with van der Waals surface area (Å²) in [6.45, 7) is 3.97. The van der Waals surface area contributed by atoms with Gasteiger partial charge in [-0.25, -0.2) is 13.2 Å². The Morgan fingerprint density at radius 1 is 1.12 bits per heavy atom. The van der Waals surface area contributed by atoms with Crippen LogP contribution in [0.4, 0.5) is 13.2 Å². The molecule has 0 N–H and O–H groups in total. The van der Waals surface area contributed by atoms with Crippen LogP contribution in [-0.2, 0) is 0 Å². The van der Waals surface area contributed by atoms with E-state index in [1.165, 1.54) is 0 Å². The second kappa shape index (κ2) is 5.71. The summed E-state index contributed by atoms with van der Waals surface area (Å²) in [5, 5.41) is 0. The van der Waals surface area contributed by atoms with E-state index in [1.807, 2.05) is 13.8 Å². The van der Waals surface area contributed by atoms with Gasteiger partial charge in [0.2, 0.25) is 0 Å². The fraction of sp³-hybridized carbons (Fsp3) is 0.500. The van der Waals surface area contributed by atoms with E-state index in [-0.39, 0.29) is 16.3 Å². The summed E-state index contributed by atoms with van der Waals surface area (Å²) >= 11 is 3.33. The molecular formula is C12H14BrF3. The van der Waals surface area contributed by atoms with E-state index in [1.54, 1.807) is 0 Å². The van der Waals surface area contributed by atoms with Gasteiger partial charge >= 0.3 is 0 Å². The van der Waals surface area contributed by atoms with Gasteiger partial charge in [-0.15, -0.1) is 0 Å². The van der Waals surface area contributed by atoms with Crippen molar-refractivity contribution >= 4 is 15.9 Å². The summed E-state index contributed by atoms with van der Waals surface area (Å²) in [4.78, 5) is -0.289. The molecule has 1 aromatic rings. The predicted molar refractivity (Wildman–Crippen MR) is 62.1 cm³/mol. The lowest BCUT2D eigenvalue weighted by Gasteiger charge is -2.18. The number of hydrogen-bond acceptors (Lipinski definition) is 0. The van der Waals surface area contributed by atoms with Crippen molar-refractivity contribution in [3.05, 3.63) is 35.1 Å².